The second kappa shape index (κ2) is 10.6. The van der Waals surface area contributed by atoms with Crippen LogP contribution in [0.25, 0.3) is 22.0 Å². The number of pyridine rings is 1. The number of rotatable bonds is 6. The van der Waals surface area contributed by atoms with Crippen LogP contribution in [0.4, 0.5) is 30.7 Å². The molecule has 0 bridgehead atoms. The molecular formula is C31H20F7NO. The number of fused-ring (bicyclic) bond motifs is 1. The van der Waals surface area contributed by atoms with Gasteiger partial charge in [0.2, 0.25) is 0 Å². The van der Waals surface area contributed by atoms with E-state index in [0.717, 1.165) is 17.7 Å². The number of halogens is 7. The third-order valence-electron chi connectivity index (χ3n) is 6.42. The molecule has 9 heteroatoms. The molecule has 0 aliphatic carbocycles. The summed E-state index contributed by atoms with van der Waals surface area (Å²) in [5.74, 6) is -1.21. The Hall–Kier alpha value is -4.40. The predicted molar refractivity (Wildman–Crippen MR) is 137 cm³/mol. The highest BCUT2D eigenvalue weighted by atomic mass is 19.4. The van der Waals surface area contributed by atoms with Crippen LogP contribution in [0, 0.1) is 5.82 Å². The molecule has 0 amide bonds. The maximum Gasteiger partial charge on any atom is 0.419 e. The normalized spacial score (nSPS) is 12.1. The monoisotopic (exact) mass is 555 g/mol. The number of benzene rings is 4. The van der Waals surface area contributed by atoms with Crippen molar-refractivity contribution in [1.82, 2.24) is 4.98 Å². The average Bonchev–Trinajstić information content (AvgIpc) is 2.91. The van der Waals surface area contributed by atoms with Gasteiger partial charge in [0.15, 0.2) is 0 Å². The summed E-state index contributed by atoms with van der Waals surface area (Å²) in [6.45, 7) is -0.481. The van der Waals surface area contributed by atoms with Gasteiger partial charge >= 0.3 is 12.4 Å². The van der Waals surface area contributed by atoms with Crippen LogP contribution in [0.5, 0.6) is 5.75 Å². The largest absolute Gasteiger partial charge is 0.489 e. The smallest absolute Gasteiger partial charge is 0.419 e. The van der Waals surface area contributed by atoms with Gasteiger partial charge in [0.25, 0.3) is 0 Å². The summed E-state index contributed by atoms with van der Waals surface area (Å²) in [5, 5.41) is 0.282. The molecular weight excluding hydrogens is 535 g/mol. The van der Waals surface area contributed by atoms with Crippen LogP contribution in [0.2, 0.25) is 0 Å². The zero-order valence-corrected chi connectivity index (χ0v) is 20.7. The van der Waals surface area contributed by atoms with Gasteiger partial charge in [0.1, 0.15) is 18.2 Å². The second-order valence-corrected chi connectivity index (χ2v) is 9.11. The van der Waals surface area contributed by atoms with Crippen molar-refractivity contribution in [1.29, 1.82) is 0 Å². The van der Waals surface area contributed by atoms with Crippen LogP contribution in [-0.4, -0.2) is 4.98 Å². The highest BCUT2D eigenvalue weighted by Gasteiger charge is 2.35. The Morgan fingerprint density at radius 1 is 0.675 bits per heavy atom. The Balaban J connectivity index is 1.57. The van der Waals surface area contributed by atoms with E-state index < -0.39 is 35.9 Å². The van der Waals surface area contributed by atoms with E-state index in [-0.39, 0.29) is 22.2 Å². The van der Waals surface area contributed by atoms with Gasteiger partial charge in [-0.15, -0.1) is 0 Å². The van der Waals surface area contributed by atoms with Gasteiger partial charge < -0.3 is 4.74 Å². The number of para-hydroxylation sites is 1. The molecule has 0 saturated heterocycles. The van der Waals surface area contributed by atoms with Crippen LogP contribution < -0.4 is 4.74 Å². The first-order chi connectivity index (χ1) is 19.0. The summed E-state index contributed by atoms with van der Waals surface area (Å²) in [4.78, 5) is 4.18. The summed E-state index contributed by atoms with van der Waals surface area (Å²) in [6.07, 6.45) is -7.67. The molecule has 0 fully saturated rings. The molecule has 0 aliphatic rings. The highest BCUT2D eigenvalue weighted by Crippen LogP contribution is 2.40. The Morgan fingerprint density at radius 3 is 2.08 bits per heavy atom. The van der Waals surface area contributed by atoms with Gasteiger partial charge in [-0.3, -0.25) is 4.98 Å². The fraction of sp³-hybridized carbons (Fsp3) is 0.129. The fourth-order valence-electron chi connectivity index (χ4n) is 4.60. The van der Waals surface area contributed by atoms with Crippen LogP contribution >= 0.6 is 0 Å². The highest BCUT2D eigenvalue weighted by molar-refractivity contribution is 5.98. The Morgan fingerprint density at radius 2 is 1.35 bits per heavy atom. The molecule has 0 saturated carbocycles. The van der Waals surface area contributed by atoms with Crippen molar-refractivity contribution in [2.75, 3.05) is 0 Å². The number of ether oxygens (including phenoxy) is 1. The van der Waals surface area contributed by atoms with E-state index >= 15 is 0 Å². The number of hydrogen-bond acceptors (Lipinski definition) is 2. The molecule has 0 spiro atoms. The molecule has 204 valence electrons. The van der Waals surface area contributed by atoms with Crippen molar-refractivity contribution in [2.24, 2.45) is 0 Å². The lowest BCUT2D eigenvalue weighted by Gasteiger charge is -2.17. The molecule has 1 aromatic heterocycles. The lowest BCUT2D eigenvalue weighted by Crippen LogP contribution is -2.11. The lowest BCUT2D eigenvalue weighted by atomic mass is 9.92. The second-order valence-electron chi connectivity index (χ2n) is 9.11. The Labute approximate surface area is 224 Å². The minimum Gasteiger partial charge on any atom is -0.489 e. The van der Waals surface area contributed by atoms with E-state index in [2.05, 4.69) is 4.98 Å². The maximum atomic E-state index is 14.5. The topological polar surface area (TPSA) is 22.1 Å². The minimum atomic E-state index is -4.85. The van der Waals surface area contributed by atoms with Gasteiger partial charge in [-0.05, 0) is 52.9 Å². The van der Waals surface area contributed by atoms with Gasteiger partial charge in [-0.2, -0.15) is 26.3 Å². The third-order valence-corrected chi connectivity index (χ3v) is 6.42. The van der Waals surface area contributed by atoms with E-state index in [0.29, 0.717) is 29.2 Å². The summed E-state index contributed by atoms with van der Waals surface area (Å²) in [5.41, 5.74) is -0.145. The number of alkyl halides is 6. The summed E-state index contributed by atoms with van der Waals surface area (Å²) in [6, 6.07) is 22.5. The molecule has 1 heterocycles. The average molecular weight is 555 g/mol. The molecule has 2 nitrogen and oxygen atoms in total. The number of aromatic nitrogens is 1. The molecule has 5 rings (SSSR count). The maximum absolute atomic E-state index is 14.5. The Bertz CT molecular complexity index is 1660. The summed E-state index contributed by atoms with van der Waals surface area (Å²) < 4.78 is 101. The van der Waals surface area contributed by atoms with Crippen LogP contribution in [-0.2, 0) is 25.4 Å². The van der Waals surface area contributed by atoms with Gasteiger partial charge in [-0.25, -0.2) is 4.39 Å². The lowest BCUT2D eigenvalue weighted by molar-refractivity contribution is -0.140. The van der Waals surface area contributed by atoms with E-state index in [9.17, 15) is 30.7 Å². The molecule has 40 heavy (non-hydrogen) atoms. The third kappa shape index (κ3) is 5.64. The summed E-state index contributed by atoms with van der Waals surface area (Å²) >= 11 is 0. The zero-order chi connectivity index (χ0) is 28.5. The molecule has 0 N–H and O–H groups in total. The van der Waals surface area contributed by atoms with Crippen LogP contribution in [0.3, 0.4) is 0 Å². The quantitative estimate of drug-likeness (QED) is 0.195. The molecule has 0 aliphatic heterocycles. The first kappa shape index (κ1) is 27.2. The van der Waals surface area contributed by atoms with E-state index in [1.165, 1.54) is 24.4 Å². The number of hydrogen-bond donors (Lipinski definition) is 0. The molecule has 0 atom stereocenters. The van der Waals surface area contributed by atoms with E-state index in [4.69, 9.17) is 4.74 Å². The molecule has 5 aromatic rings. The van der Waals surface area contributed by atoms with Crippen molar-refractivity contribution in [2.45, 2.75) is 25.4 Å². The number of nitrogens with zero attached hydrogens (tertiary/aromatic N) is 1. The SMILES string of the molecule is Fc1c(COc2cccc(-c3c(Cc4ccccc4)cnc4c(C(F)(F)F)cccc34)c2)cccc1C(F)(F)F. The Kier molecular flexibility index (Phi) is 7.23. The molecule has 0 radical (unpaired) electrons. The zero-order valence-electron chi connectivity index (χ0n) is 20.7. The van der Waals surface area contributed by atoms with E-state index in [1.807, 2.05) is 30.3 Å². The van der Waals surface area contributed by atoms with Gasteiger partial charge in [-0.1, -0.05) is 66.7 Å². The van der Waals surface area contributed by atoms with Gasteiger partial charge in [0, 0.05) is 17.1 Å². The van der Waals surface area contributed by atoms with E-state index in [1.54, 1.807) is 24.3 Å². The first-order valence-electron chi connectivity index (χ1n) is 12.1. The minimum absolute atomic E-state index is 0.205. The van der Waals surface area contributed by atoms with Gasteiger partial charge in [0.05, 0.1) is 16.6 Å². The van der Waals surface area contributed by atoms with Crippen molar-refractivity contribution in [3.63, 3.8) is 0 Å². The van der Waals surface area contributed by atoms with Crippen molar-refractivity contribution in [3.05, 3.63) is 131 Å². The fourth-order valence-corrected chi connectivity index (χ4v) is 4.60. The standard InChI is InChI=1S/C31H20F7NO/c32-28-21(10-5-13-25(28)30(33,34)35)18-40-23-11-4-9-20(16-23)27-22(15-19-7-2-1-3-8-19)17-39-29-24(27)12-6-14-26(29)31(36,37)38/h1-14,16-17H,15,18H2. The first-order valence-corrected chi connectivity index (χ1v) is 12.1. The predicted octanol–water partition coefficient (Wildman–Crippen LogP) is 9.25. The molecule has 0 unspecified atom stereocenters. The van der Waals surface area contributed by atoms with Crippen molar-refractivity contribution < 1.29 is 35.5 Å². The van der Waals surface area contributed by atoms with Crippen LogP contribution in [0.1, 0.15) is 27.8 Å². The van der Waals surface area contributed by atoms with Crippen molar-refractivity contribution >= 4 is 10.9 Å². The molecule has 4 aromatic carbocycles. The van der Waals surface area contributed by atoms with Crippen molar-refractivity contribution in [3.8, 4) is 16.9 Å². The van der Waals surface area contributed by atoms with Crippen LogP contribution in [0.15, 0.2) is 97.2 Å². The summed E-state index contributed by atoms with van der Waals surface area (Å²) in [7, 11) is 0.